The van der Waals surface area contributed by atoms with Gasteiger partial charge in [0.2, 0.25) is 5.88 Å². The first-order valence-electron chi connectivity index (χ1n) is 18.3. The van der Waals surface area contributed by atoms with E-state index >= 15 is 8.78 Å². The summed E-state index contributed by atoms with van der Waals surface area (Å²) in [5.74, 6) is 0.554. The molecule has 53 heavy (non-hydrogen) atoms. The van der Waals surface area contributed by atoms with Gasteiger partial charge >= 0.3 is 12.0 Å². The van der Waals surface area contributed by atoms with Crippen LogP contribution in [-0.2, 0) is 4.79 Å². The van der Waals surface area contributed by atoms with Crippen molar-refractivity contribution in [2.24, 2.45) is 11.7 Å². The number of esters is 1. The van der Waals surface area contributed by atoms with Gasteiger partial charge in [-0.15, -0.1) is 6.42 Å². The molecule has 0 saturated carbocycles. The highest BCUT2D eigenvalue weighted by Crippen LogP contribution is 2.46. The Bertz CT molecular complexity index is 2210. The highest BCUT2D eigenvalue weighted by Gasteiger charge is 2.50. The van der Waals surface area contributed by atoms with Crippen molar-refractivity contribution < 1.29 is 32.2 Å². The van der Waals surface area contributed by atoms with E-state index in [-0.39, 0.29) is 88.0 Å². The average Bonchev–Trinajstić information content (AvgIpc) is 3.78. The van der Waals surface area contributed by atoms with Crippen molar-refractivity contribution in [1.82, 2.24) is 25.2 Å². The summed E-state index contributed by atoms with van der Waals surface area (Å²) < 4.78 is 65.8. The Morgan fingerprint density at radius 3 is 2.85 bits per heavy atom. The van der Waals surface area contributed by atoms with E-state index in [4.69, 9.17) is 36.3 Å². The number of fused-ring (bicyclic) bond motifs is 7. The van der Waals surface area contributed by atoms with Crippen molar-refractivity contribution >= 4 is 33.5 Å². The lowest BCUT2D eigenvalue weighted by atomic mass is 9.95. The summed E-state index contributed by atoms with van der Waals surface area (Å²) in [7, 11) is 0. The van der Waals surface area contributed by atoms with Crippen molar-refractivity contribution in [1.29, 1.82) is 0 Å². The van der Waals surface area contributed by atoms with Crippen LogP contribution in [-0.4, -0.2) is 94.5 Å². The molecule has 14 heteroatoms. The van der Waals surface area contributed by atoms with Crippen molar-refractivity contribution in [3.63, 3.8) is 0 Å². The molecule has 276 valence electrons. The van der Waals surface area contributed by atoms with Gasteiger partial charge < -0.3 is 30.2 Å². The number of halogens is 3. The maximum Gasteiger partial charge on any atom is 0.328 e. The molecule has 5 aliphatic rings. The standard InChI is InChI=1S/C39H40F3N7O4/c1-4-24-26(41)8-6-20-12-23(53-37(50)32(43)19(2)3)13-25(29(20)24)33-31(42)34-30-35(49-16-22-7-9-27(44-22)28(49)17-51-36(30)45-33)47-38(46-34)52-18-39-10-5-11-48(39)15-21(40)14-39/h1,6,8,12-13,19,21-22,27-28,32,44H,5,7,9-11,14-18,43H2,2-3H3/t21-,22-,27+,28-,32+,39+/m1/s1. The number of ether oxygens (including phenoxy) is 3. The third kappa shape index (κ3) is 5.54. The van der Waals surface area contributed by atoms with Crippen LogP contribution in [0.4, 0.5) is 19.0 Å². The second kappa shape index (κ2) is 12.7. The number of nitrogens with two attached hydrogens (primary N) is 1. The lowest BCUT2D eigenvalue weighted by molar-refractivity contribution is -0.136. The quantitative estimate of drug-likeness (QED) is 0.157. The Hall–Kier alpha value is -4.71. The fraction of sp³-hybridized carbons (Fsp3) is 0.487. The highest BCUT2D eigenvalue weighted by molar-refractivity contribution is 6.04. The number of alkyl halides is 1. The topological polar surface area (TPSA) is 128 Å². The molecular weight excluding hydrogens is 687 g/mol. The number of carbonyl (C=O) groups is 1. The number of nitrogens with one attached hydrogen (secondary N) is 1. The maximum atomic E-state index is 17.5. The van der Waals surface area contributed by atoms with E-state index < -0.39 is 35.4 Å². The van der Waals surface area contributed by atoms with Crippen molar-refractivity contribution in [2.75, 3.05) is 37.7 Å². The van der Waals surface area contributed by atoms with Gasteiger partial charge in [0.05, 0.1) is 17.1 Å². The molecule has 4 fully saturated rings. The average molecular weight is 728 g/mol. The first kappa shape index (κ1) is 34.1. The van der Waals surface area contributed by atoms with E-state index in [1.54, 1.807) is 13.8 Å². The summed E-state index contributed by atoms with van der Waals surface area (Å²) in [6.45, 7) is 5.72. The summed E-state index contributed by atoms with van der Waals surface area (Å²) in [5.41, 5.74) is 5.21. The molecular formula is C39H40F3N7O4. The van der Waals surface area contributed by atoms with Gasteiger partial charge in [-0.3, -0.25) is 4.90 Å². The van der Waals surface area contributed by atoms with Gasteiger partial charge in [-0.1, -0.05) is 25.8 Å². The van der Waals surface area contributed by atoms with Crippen LogP contribution in [0.2, 0.25) is 0 Å². The van der Waals surface area contributed by atoms with Crippen LogP contribution in [0.25, 0.3) is 32.9 Å². The van der Waals surface area contributed by atoms with E-state index in [9.17, 15) is 9.18 Å². The summed E-state index contributed by atoms with van der Waals surface area (Å²) in [6, 6.07) is 4.83. The van der Waals surface area contributed by atoms with Gasteiger partial charge in [0, 0.05) is 42.5 Å². The van der Waals surface area contributed by atoms with E-state index in [0.29, 0.717) is 30.7 Å². The Kier molecular flexibility index (Phi) is 8.17. The van der Waals surface area contributed by atoms with Gasteiger partial charge in [0.1, 0.15) is 59.4 Å². The van der Waals surface area contributed by atoms with Crippen LogP contribution in [0.3, 0.4) is 0 Å². The summed E-state index contributed by atoms with van der Waals surface area (Å²) in [4.78, 5) is 31.5. The highest BCUT2D eigenvalue weighted by atomic mass is 19.1. The Labute approximate surface area is 304 Å². The van der Waals surface area contributed by atoms with Crippen LogP contribution in [0, 0.1) is 29.9 Å². The first-order valence-corrected chi connectivity index (χ1v) is 18.3. The molecule has 11 nitrogen and oxygen atoms in total. The van der Waals surface area contributed by atoms with Crippen molar-refractivity contribution in [2.45, 2.75) is 81.8 Å². The van der Waals surface area contributed by atoms with Crippen LogP contribution < -0.4 is 30.2 Å². The number of benzene rings is 2. The molecule has 0 unspecified atom stereocenters. The van der Waals surface area contributed by atoms with E-state index in [1.807, 2.05) is 0 Å². The maximum absolute atomic E-state index is 17.5. The van der Waals surface area contributed by atoms with Gasteiger partial charge in [0.15, 0.2) is 5.82 Å². The van der Waals surface area contributed by atoms with Crippen molar-refractivity contribution in [3.05, 3.63) is 41.5 Å². The fourth-order valence-electron chi connectivity index (χ4n) is 9.06. The Balaban J connectivity index is 1.23. The molecule has 0 aliphatic carbocycles. The van der Waals surface area contributed by atoms with E-state index in [0.717, 1.165) is 32.2 Å². The minimum Gasteiger partial charge on any atom is -0.475 e. The van der Waals surface area contributed by atoms with Crippen LogP contribution in [0.5, 0.6) is 17.6 Å². The molecule has 9 rings (SSSR count). The Morgan fingerprint density at radius 2 is 2.04 bits per heavy atom. The summed E-state index contributed by atoms with van der Waals surface area (Å²) in [6.07, 6.45) is 8.87. The minimum atomic E-state index is -0.951. The van der Waals surface area contributed by atoms with E-state index in [2.05, 4.69) is 26.0 Å². The van der Waals surface area contributed by atoms with Gasteiger partial charge in [-0.25, -0.2) is 22.9 Å². The number of rotatable bonds is 7. The predicted octanol–water partition coefficient (Wildman–Crippen LogP) is 4.65. The van der Waals surface area contributed by atoms with Crippen LogP contribution in [0.15, 0.2) is 24.3 Å². The number of hydrogen-bond acceptors (Lipinski definition) is 11. The monoisotopic (exact) mass is 727 g/mol. The molecule has 3 N–H and O–H groups in total. The molecule has 2 aromatic carbocycles. The molecule has 2 aromatic heterocycles. The molecule has 0 amide bonds. The molecule has 5 aliphatic heterocycles. The van der Waals surface area contributed by atoms with Gasteiger partial charge in [-0.05, 0) is 61.7 Å². The summed E-state index contributed by atoms with van der Waals surface area (Å²) in [5, 5.41) is 4.53. The zero-order valence-corrected chi connectivity index (χ0v) is 29.5. The number of aromatic nitrogens is 3. The number of piperazine rings is 1. The minimum absolute atomic E-state index is 0.0462. The smallest absolute Gasteiger partial charge is 0.328 e. The number of anilines is 1. The lowest BCUT2D eigenvalue weighted by Crippen LogP contribution is -2.60. The Morgan fingerprint density at radius 1 is 1.19 bits per heavy atom. The zero-order valence-electron chi connectivity index (χ0n) is 29.5. The number of nitrogens with zero attached hydrogens (tertiary/aromatic N) is 5. The SMILES string of the molecule is C#Cc1c(F)ccc2cc(OC(=O)[C@@H](N)C(C)C)cc(-c3nc4c5c(nc(OC[C@@]67CCCN6C[C@H](F)C7)nc5c3F)N3C[C@H]5CC[C@H](N5)[C@H]3CO4)c12. The zero-order chi connectivity index (χ0) is 36.8. The van der Waals surface area contributed by atoms with Crippen LogP contribution >= 0.6 is 0 Å². The van der Waals surface area contributed by atoms with E-state index in [1.165, 1.54) is 24.3 Å². The molecule has 2 bridgehead atoms. The third-order valence-electron chi connectivity index (χ3n) is 11.8. The molecule has 0 spiro atoms. The predicted molar refractivity (Wildman–Crippen MR) is 192 cm³/mol. The second-order valence-corrected chi connectivity index (χ2v) is 15.4. The normalized spacial score (nSPS) is 26.6. The molecule has 4 saturated heterocycles. The molecule has 0 radical (unpaired) electrons. The molecule has 7 heterocycles. The third-order valence-corrected chi connectivity index (χ3v) is 11.8. The van der Waals surface area contributed by atoms with Crippen molar-refractivity contribution in [3.8, 4) is 41.2 Å². The van der Waals surface area contributed by atoms with Gasteiger partial charge in [-0.2, -0.15) is 9.97 Å². The number of terminal acetylenes is 1. The summed E-state index contributed by atoms with van der Waals surface area (Å²) >= 11 is 0. The second-order valence-electron chi connectivity index (χ2n) is 15.4. The number of pyridine rings is 1. The fourth-order valence-corrected chi connectivity index (χ4v) is 9.06. The molecule has 6 atom stereocenters. The van der Waals surface area contributed by atoms with Crippen LogP contribution in [0.1, 0.15) is 51.5 Å². The molecule has 4 aromatic rings. The number of hydrogen-bond donors (Lipinski definition) is 2. The largest absolute Gasteiger partial charge is 0.475 e. The lowest BCUT2D eigenvalue weighted by Gasteiger charge is -2.40. The number of carbonyl (C=O) groups excluding carboxylic acids is 1. The van der Waals surface area contributed by atoms with Gasteiger partial charge in [0.25, 0.3) is 0 Å². The first-order chi connectivity index (χ1) is 25.5.